The summed E-state index contributed by atoms with van der Waals surface area (Å²) in [5.41, 5.74) is 1.22. The molecule has 2 rings (SSSR count). The number of amides is 1. The molecule has 0 spiro atoms. The topological polar surface area (TPSA) is 41.1 Å². The zero-order valence-electron chi connectivity index (χ0n) is 10.6. The maximum absolute atomic E-state index is 13.1. The predicted octanol–water partition coefficient (Wildman–Crippen LogP) is 2.01. The average molecular weight is 250 g/mol. The van der Waals surface area contributed by atoms with Gasteiger partial charge in [-0.2, -0.15) is 0 Å². The average Bonchev–Trinajstić information content (AvgIpc) is 2.85. The maximum atomic E-state index is 13.1. The Hall–Kier alpha value is -1.42. The van der Waals surface area contributed by atoms with E-state index in [4.69, 9.17) is 0 Å². The van der Waals surface area contributed by atoms with Crippen LogP contribution in [0.25, 0.3) is 0 Å². The van der Waals surface area contributed by atoms with Crippen LogP contribution in [0.15, 0.2) is 18.2 Å². The van der Waals surface area contributed by atoms with Crippen LogP contribution in [-0.4, -0.2) is 25.0 Å². The minimum atomic E-state index is -0.372. The molecule has 1 amide bonds. The lowest BCUT2D eigenvalue weighted by molar-refractivity contribution is 0.0951. The van der Waals surface area contributed by atoms with Crippen molar-refractivity contribution in [1.82, 2.24) is 10.6 Å². The first kappa shape index (κ1) is 13.0. The van der Waals surface area contributed by atoms with Crippen LogP contribution >= 0.6 is 0 Å². The van der Waals surface area contributed by atoms with Crippen LogP contribution < -0.4 is 10.6 Å². The molecule has 0 bridgehead atoms. The van der Waals surface area contributed by atoms with E-state index in [1.54, 1.807) is 6.07 Å². The number of benzene rings is 1. The van der Waals surface area contributed by atoms with E-state index >= 15 is 0 Å². The van der Waals surface area contributed by atoms with Crippen molar-refractivity contribution in [2.45, 2.75) is 32.2 Å². The Labute approximate surface area is 107 Å². The van der Waals surface area contributed by atoms with Gasteiger partial charge in [0, 0.05) is 18.2 Å². The van der Waals surface area contributed by atoms with Gasteiger partial charge in [-0.1, -0.05) is 6.07 Å². The van der Waals surface area contributed by atoms with Crippen LogP contribution in [0, 0.1) is 12.7 Å². The lowest BCUT2D eigenvalue weighted by Gasteiger charge is -2.11. The Kier molecular flexibility index (Phi) is 4.31. The second-order valence-corrected chi connectivity index (χ2v) is 4.80. The van der Waals surface area contributed by atoms with Gasteiger partial charge in [-0.15, -0.1) is 0 Å². The standard InChI is InChI=1S/C14H19FN2O/c1-10-4-5-11(15)9-13(10)14(18)17-8-6-12-3-2-7-16-12/h4-5,9,12,16H,2-3,6-8H2,1H3,(H,17,18)/t12-/m0/s1. The van der Waals surface area contributed by atoms with Crippen molar-refractivity contribution in [2.75, 3.05) is 13.1 Å². The first-order chi connectivity index (χ1) is 8.66. The van der Waals surface area contributed by atoms with Crippen LogP contribution in [-0.2, 0) is 0 Å². The first-order valence-electron chi connectivity index (χ1n) is 6.44. The van der Waals surface area contributed by atoms with Crippen LogP contribution in [0.2, 0.25) is 0 Å². The van der Waals surface area contributed by atoms with Gasteiger partial charge in [0.2, 0.25) is 0 Å². The van der Waals surface area contributed by atoms with E-state index in [9.17, 15) is 9.18 Å². The zero-order valence-corrected chi connectivity index (χ0v) is 10.6. The van der Waals surface area contributed by atoms with Crippen molar-refractivity contribution in [3.05, 3.63) is 35.1 Å². The number of carbonyl (C=O) groups excluding carboxylic acids is 1. The second-order valence-electron chi connectivity index (χ2n) is 4.80. The zero-order chi connectivity index (χ0) is 13.0. The molecule has 0 unspecified atom stereocenters. The maximum Gasteiger partial charge on any atom is 0.251 e. The number of nitrogens with one attached hydrogen (secondary N) is 2. The highest BCUT2D eigenvalue weighted by molar-refractivity contribution is 5.95. The van der Waals surface area contributed by atoms with E-state index in [0.29, 0.717) is 18.2 Å². The molecule has 1 heterocycles. The van der Waals surface area contributed by atoms with Gasteiger partial charge in [0.1, 0.15) is 5.82 Å². The summed E-state index contributed by atoms with van der Waals surface area (Å²) >= 11 is 0. The number of halogens is 1. The number of aryl methyl sites for hydroxylation is 1. The van der Waals surface area contributed by atoms with E-state index in [0.717, 1.165) is 18.5 Å². The normalized spacial score (nSPS) is 18.9. The number of rotatable bonds is 4. The molecule has 1 aliphatic heterocycles. The van der Waals surface area contributed by atoms with Gasteiger partial charge in [0.15, 0.2) is 0 Å². The smallest absolute Gasteiger partial charge is 0.251 e. The SMILES string of the molecule is Cc1ccc(F)cc1C(=O)NCC[C@@H]1CCCN1. The fourth-order valence-electron chi connectivity index (χ4n) is 2.30. The molecule has 0 saturated carbocycles. The molecule has 1 atom stereocenters. The quantitative estimate of drug-likeness (QED) is 0.858. The Morgan fingerprint density at radius 1 is 1.56 bits per heavy atom. The summed E-state index contributed by atoms with van der Waals surface area (Å²) in [6.45, 7) is 3.51. The highest BCUT2D eigenvalue weighted by atomic mass is 19.1. The number of hydrogen-bond acceptors (Lipinski definition) is 2. The molecular weight excluding hydrogens is 231 g/mol. The third-order valence-electron chi connectivity index (χ3n) is 3.38. The van der Waals surface area contributed by atoms with Crippen LogP contribution in [0.4, 0.5) is 4.39 Å². The monoisotopic (exact) mass is 250 g/mol. The van der Waals surface area contributed by atoms with Gasteiger partial charge in [-0.3, -0.25) is 4.79 Å². The van der Waals surface area contributed by atoms with Gasteiger partial charge in [-0.05, 0) is 50.4 Å². The Bertz CT molecular complexity index is 428. The fourth-order valence-corrected chi connectivity index (χ4v) is 2.30. The highest BCUT2D eigenvalue weighted by Crippen LogP contribution is 2.11. The molecule has 0 aliphatic carbocycles. The minimum Gasteiger partial charge on any atom is -0.352 e. The summed E-state index contributed by atoms with van der Waals surface area (Å²) in [5.74, 6) is -0.562. The second kappa shape index (κ2) is 5.96. The molecule has 1 fully saturated rings. The molecule has 2 N–H and O–H groups in total. The van der Waals surface area contributed by atoms with Crippen molar-refractivity contribution in [3.8, 4) is 0 Å². The van der Waals surface area contributed by atoms with E-state index in [1.165, 1.54) is 25.0 Å². The van der Waals surface area contributed by atoms with Crippen LogP contribution in [0.3, 0.4) is 0 Å². The van der Waals surface area contributed by atoms with E-state index in [1.807, 2.05) is 6.92 Å². The van der Waals surface area contributed by atoms with E-state index in [2.05, 4.69) is 10.6 Å². The Balaban J connectivity index is 1.85. The molecule has 18 heavy (non-hydrogen) atoms. The summed E-state index contributed by atoms with van der Waals surface area (Å²) in [5, 5.41) is 6.23. The molecule has 1 saturated heterocycles. The largest absolute Gasteiger partial charge is 0.352 e. The summed E-state index contributed by atoms with van der Waals surface area (Å²) in [6.07, 6.45) is 3.32. The minimum absolute atomic E-state index is 0.190. The van der Waals surface area contributed by atoms with Crippen molar-refractivity contribution in [3.63, 3.8) is 0 Å². The van der Waals surface area contributed by atoms with Crippen molar-refractivity contribution >= 4 is 5.91 Å². The Morgan fingerprint density at radius 2 is 2.39 bits per heavy atom. The van der Waals surface area contributed by atoms with Crippen LogP contribution in [0.1, 0.15) is 35.2 Å². The van der Waals surface area contributed by atoms with Gasteiger partial charge < -0.3 is 10.6 Å². The van der Waals surface area contributed by atoms with Gasteiger partial charge in [0.05, 0.1) is 0 Å². The molecule has 1 aromatic carbocycles. The number of carbonyl (C=O) groups is 1. The predicted molar refractivity (Wildman–Crippen MR) is 69.1 cm³/mol. The van der Waals surface area contributed by atoms with Gasteiger partial charge in [-0.25, -0.2) is 4.39 Å². The molecule has 1 aliphatic rings. The van der Waals surface area contributed by atoms with Gasteiger partial charge in [0.25, 0.3) is 5.91 Å². The lowest BCUT2D eigenvalue weighted by Crippen LogP contribution is -2.31. The van der Waals surface area contributed by atoms with E-state index < -0.39 is 0 Å². The molecule has 4 heteroatoms. The number of hydrogen-bond donors (Lipinski definition) is 2. The van der Waals surface area contributed by atoms with Crippen molar-refractivity contribution in [1.29, 1.82) is 0 Å². The Morgan fingerprint density at radius 3 is 3.11 bits per heavy atom. The fraction of sp³-hybridized carbons (Fsp3) is 0.500. The van der Waals surface area contributed by atoms with Gasteiger partial charge >= 0.3 is 0 Å². The first-order valence-corrected chi connectivity index (χ1v) is 6.44. The summed E-state index contributed by atoms with van der Waals surface area (Å²) in [6, 6.07) is 4.80. The molecular formula is C14H19FN2O. The molecule has 0 radical (unpaired) electrons. The van der Waals surface area contributed by atoms with Crippen molar-refractivity contribution < 1.29 is 9.18 Å². The third-order valence-corrected chi connectivity index (χ3v) is 3.38. The lowest BCUT2D eigenvalue weighted by atomic mass is 10.1. The molecule has 3 nitrogen and oxygen atoms in total. The third kappa shape index (κ3) is 3.29. The molecule has 98 valence electrons. The molecule has 0 aromatic heterocycles. The van der Waals surface area contributed by atoms with Crippen molar-refractivity contribution in [2.24, 2.45) is 0 Å². The molecule has 1 aromatic rings. The van der Waals surface area contributed by atoms with Crippen LogP contribution in [0.5, 0.6) is 0 Å². The summed E-state index contributed by atoms with van der Waals surface area (Å²) in [4.78, 5) is 11.9. The highest BCUT2D eigenvalue weighted by Gasteiger charge is 2.14. The summed E-state index contributed by atoms with van der Waals surface area (Å²) in [7, 11) is 0. The summed E-state index contributed by atoms with van der Waals surface area (Å²) < 4.78 is 13.1. The van der Waals surface area contributed by atoms with E-state index in [-0.39, 0.29) is 11.7 Å².